The number of hydrogen-bond donors (Lipinski definition) is 0. The lowest BCUT2D eigenvalue weighted by Gasteiger charge is -2.04. The molecule has 1 heteroatoms. The van der Waals surface area contributed by atoms with Crippen LogP contribution in [0.2, 0.25) is 0 Å². The zero-order valence-corrected chi connectivity index (χ0v) is 8.42. The lowest BCUT2D eigenvalue weighted by molar-refractivity contribution is 0.340. The minimum atomic E-state index is 0.470. The van der Waals surface area contributed by atoms with Crippen LogP contribution in [-0.4, -0.2) is 6.61 Å². The van der Waals surface area contributed by atoms with Crippen LogP contribution in [-0.2, 0) is 6.42 Å². The second-order valence-electron chi connectivity index (χ2n) is 3.39. The van der Waals surface area contributed by atoms with E-state index in [4.69, 9.17) is 4.74 Å². The summed E-state index contributed by atoms with van der Waals surface area (Å²) >= 11 is 0. The predicted octanol–water partition coefficient (Wildman–Crippen LogP) is 3.10. The lowest BCUT2D eigenvalue weighted by atomic mass is 10.0. The van der Waals surface area contributed by atoms with E-state index in [2.05, 4.69) is 26.0 Å². The molecule has 0 aliphatic heterocycles. The fourth-order valence-electron chi connectivity index (χ4n) is 1.29. The quantitative estimate of drug-likeness (QED) is 0.642. The molecule has 0 radical (unpaired) electrons. The summed E-state index contributed by atoms with van der Waals surface area (Å²) in [6.07, 6.45) is 1.03. The van der Waals surface area contributed by atoms with Crippen molar-refractivity contribution in [2.24, 2.45) is 5.92 Å². The third-order valence-electron chi connectivity index (χ3n) is 1.82. The van der Waals surface area contributed by atoms with E-state index in [-0.39, 0.29) is 0 Å². The third kappa shape index (κ3) is 3.41. The van der Waals surface area contributed by atoms with Crippen molar-refractivity contribution in [1.82, 2.24) is 0 Å². The standard InChI is InChI=1S/C12H17O/c1-4-13-12-7-5-11(6-8-12)9-10(2)3/h5-8,10H,2,4,9H2,1,3H3/q+1. The Morgan fingerprint density at radius 1 is 1.31 bits per heavy atom. The van der Waals surface area contributed by atoms with Gasteiger partial charge >= 0.3 is 0 Å². The maximum atomic E-state index is 5.35. The van der Waals surface area contributed by atoms with E-state index < -0.39 is 0 Å². The molecule has 0 bridgehead atoms. The molecular formula is C12H17O+. The second-order valence-corrected chi connectivity index (χ2v) is 3.39. The molecule has 0 saturated heterocycles. The van der Waals surface area contributed by atoms with Gasteiger partial charge in [-0.1, -0.05) is 12.1 Å². The van der Waals surface area contributed by atoms with Crippen LogP contribution in [0, 0.1) is 12.8 Å². The van der Waals surface area contributed by atoms with Gasteiger partial charge in [-0.05, 0) is 31.5 Å². The minimum Gasteiger partial charge on any atom is -0.494 e. The lowest BCUT2D eigenvalue weighted by Crippen LogP contribution is -1.95. The van der Waals surface area contributed by atoms with Gasteiger partial charge in [0.05, 0.1) is 19.4 Å². The van der Waals surface area contributed by atoms with Gasteiger partial charge in [0, 0.05) is 6.42 Å². The SMILES string of the molecule is [CH2+]C(C)Cc1ccc(OCC)cc1. The molecule has 0 N–H and O–H groups in total. The van der Waals surface area contributed by atoms with Gasteiger partial charge in [-0.3, -0.25) is 0 Å². The first kappa shape index (κ1) is 9.97. The molecule has 1 atom stereocenters. The molecule has 0 saturated carbocycles. The minimum absolute atomic E-state index is 0.470. The molecule has 0 heterocycles. The summed E-state index contributed by atoms with van der Waals surface area (Å²) in [5.41, 5.74) is 1.32. The van der Waals surface area contributed by atoms with Gasteiger partial charge < -0.3 is 4.74 Å². The van der Waals surface area contributed by atoms with E-state index in [1.54, 1.807) is 0 Å². The summed E-state index contributed by atoms with van der Waals surface area (Å²) in [6, 6.07) is 8.24. The second kappa shape index (κ2) is 4.80. The monoisotopic (exact) mass is 177 g/mol. The number of hydrogen-bond acceptors (Lipinski definition) is 1. The average Bonchev–Trinajstić information content (AvgIpc) is 2.08. The number of rotatable bonds is 4. The van der Waals surface area contributed by atoms with Crippen molar-refractivity contribution in [2.75, 3.05) is 6.61 Å². The summed E-state index contributed by atoms with van der Waals surface area (Å²) in [5, 5.41) is 0. The molecule has 0 aliphatic rings. The Labute approximate surface area is 80.7 Å². The van der Waals surface area contributed by atoms with Crippen LogP contribution in [0.5, 0.6) is 5.75 Å². The Hall–Kier alpha value is -1.11. The average molecular weight is 177 g/mol. The van der Waals surface area contributed by atoms with Gasteiger partial charge in [-0.2, -0.15) is 0 Å². The van der Waals surface area contributed by atoms with Crippen molar-refractivity contribution in [3.05, 3.63) is 36.8 Å². The first-order valence-corrected chi connectivity index (χ1v) is 4.77. The smallest absolute Gasteiger partial charge is 0.119 e. The summed E-state index contributed by atoms with van der Waals surface area (Å²) < 4.78 is 5.35. The zero-order valence-electron chi connectivity index (χ0n) is 8.42. The van der Waals surface area contributed by atoms with E-state index in [1.807, 2.05) is 19.1 Å². The van der Waals surface area contributed by atoms with Crippen molar-refractivity contribution in [3.63, 3.8) is 0 Å². The summed E-state index contributed by atoms with van der Waals surface area (Å²) in [7, 11) is 0. The predicted molar refractivity (Wildman–Crippen MR) is 55.8 cm³/mol. The summed E-state index contributed by atoms with van der Waals surface area (Å²) in [5.74, 6) is 1.42. The molecule has 0 fully saturated rings. The highest BCUT2D eigenvalue weighted by Crippen LogP contribution is 2.14. The normalized spacial score (nSPS) is 12.5. The maximum absolute atomic E-state index is 5.35. The first-order chi connectivity index (χ1) is 6.22. The molecular weight excluding hydrogens is 160 g/mol. The molecule has 1 nitrogen and oxygen atoms in total. The molecule has 0 spiro atoms. The van der Waals surface area contributed by atoms with Gasteiger partial charge in [-0.15, -0.1) is 0 Å². The molecule has 1 aromatic carbocycles. The topological polar surface area (TPSA) is 9.23 Å². The van der Waals surface area contributed by atoms with Crippen LogP contribution in [0.3, 0.4) is 0 Å². The highest BCUT2D eigenvalue weighted by atomic mass is 16.5. The third-order valence-corrected chi connectivity index (χ3v) is 1.82. The molecule has 1 unspecified atom stereocenters. The number of benzene rings is 1. The Balaban J connectivity index is 2.59. The fourth-order valence-corrected chi connectivity index (χ4v) is 1.29. The fraction of sp³-hybridized carbons (Fsp3) is 0.417. The molecule has 0 aliphatic carbocycles. The van der Waals surface area contributed by atoms with Crippen molar-refractivity contribution < 1.29 is 4.74 Å². The van der Waals surface area contributed by atoms with E-state index in [9.17, 15) is 0 Å². The van der Waals surface area contributed by atoms with Crippen molar-refractivity contribution in [2.45, 2.75) is 20.3 Å². The maximum Gasteiger partial charge on any atom is 0.119 e. The van der Waals surface area contributed by atoms with Crippen LogP contribution in [0.1, 0.15) is 19.4 Å². The first-order valence-electron chi connectivity index (χ1n) is 4.77. The van der Waals surface area contributed by atoms with Gasteiger partial charge in [0.15, 0.2) is 0 Å². The van der Waals surface area contributed by atoms with Crippen LogP contribution in [0.15, 0.2) is 24.3 Å². The largest absolute Gasteiger partial charge is 0.494 e. The molecule has 0 aromatic heterocycles. The van der Waals surface area contributed by atoms with E-state index >= 15 is 0 Å². The van der Waals surface area contributed by atoms with Gasteiger partial charge in [0.2, 0.25) is 0 Å². The molecule has 1 aromatic rings. The van der Waals surface area contributed by atoms with Crippen LogP contribution in [0.4, 0.5) is 0 Å². The molecule has 1 rings (SSSR count). The molecule has 0 amide bonds. The van der Waals surface area contributed by atoms with Gasteiger partial charge in [0.25, 0.3) is 0 Å². The van der Waals surface area contributed by atoms with E-state index in [0.29, 0.717) is 5.92 Å². The molecule has 13 heavy (non-hydrogen) atoms. The summed E-state index contributed by atoms with van der Waals surface area (Å²) in [6.45, 7) is 8.80. The summed E-state index contributed by atoms with van der Waals surface area (Å²) in [4.78, 5) is 0. The van der Waals surface area contributed by atoms with Gasteiger partial charge in [0.1, 0.15) is 5.75 Å². The highest BCUT2D eigenvalue weighted by molar-refractivity contribution is 5.27. The zero-order chi connectivity index (χ0) is 9.68. The van der Waals surface area contributed by atoms with Gasteiger partial charge in [-0.25, -0.2) is 0 Å². The van der Waals surface area contributed by atoms with Crippen LogP contribution < -0.4 is 4.74 Å². The molecule has 70 valence electrons. The highest BCUT2D eigenvalue weighted by Gasteiger charge is 2.02. The Morgan fingerprint density at radius 3 is 2.38 bits per heavy atom. The van der Waals surface area contributed by atoms with Crippen molar-refractivity contribution in [1.29, 1.82) is 0 Å². The van der Waals surface area contributed by atoms with E-state index in [0.717, 1.165) is 18.8 Å². The Bertz CT molecular complexity index is 236. The number of ether oxygens (including phenoxy) is 1. The Kier molecular flexibility index (Phi) is 3.69. The van der Waals surface area contributed by atoms with E-state index in [1.165, 1.54) is 5.56 Å². The van der Waals surface area contributed by atoms with Crippen molar-refractivity contribution in [3.8, 4) is 5.75 Å². The van der Waals surface area contributed by atoms with Crippen LogP contribution >= 0.6 is 0 Å². The van der Waals surface area contributed by atoms with Crippen molar-refractivity contribution >= 4 is 0 Å². The van der Waals surface area contributed by atoms with Crippen LogP contribution in [0.25, 0.3) is 0 Å². The Morgan fingerprint density at radius 2 is 1.92 bits per heavy atom.